The van der Waals surface area contributed by atoms with Gasteiger partial charge in [-0.1, -0.05) is 44.2 Å². The summed E-state index contributed by atoms with van der Waals surface area (Å²) in [7, 11) is 0. The van der Waals surface area contributed by atoms with Crippen molar-refractivity contribution in [3.05, 3.63) is 29.8 Å². The van der Waals surface area contributed by atoms with Gasteiger partial charge in [0.05, 0.1) is 6.61 Å². The topological polar surface area (TPSA) is 131 Å². The molecule has 32 heavy (non-hydrogen) atoms. The van der Waals surface area contributed by atoms with Crippen LogP contribution in [0.1, 0.15) is 44.1 Å². The molecule has 0 heterocycles. The highest BCUT2D eigenvalue weighted by Crippen LogP contribution is 2.27. The summed E-state index contributed by atoms with van der Waals surface area (Å²) in [6.45, 7) is -1.21. The Balaban J connectivity index is 1.85. The number of carbonyl (C=O) groups excluding carboxylic acids is 2. The lowest BCUT2D eigenvalue weighted by Gasteiger charge is -2.27. The molecule has 1 aliphatic carbocycles. The number of amides is 1. The predicted octanol–water partition coefficient (Wildman–Crippen LogP) is 1.76. The van der Waals surface area contributed by atoms with Crippen LogP contribution < -0.4 is 15.8 Å². The standard InChI is InChI=1S/C21H29F3N2O6/c22-21(23,24)32-15-8-4-7-14(9-15)12-31-20(30)17(11-27)26-19(29)18(28)16(25)10-13-5-2-1-3-6-13/h4,7-9,13,16-18,27-28H,1-3,5-6,10-12,25H2,(H,26,29)/t16-,17?,18+/m1/s1. The zero-order valence-corrected chi connectivity index (χ0v) is 17.5. The van der Waals surface area contributed by atoms with Crippen molar-refractivity contribution in [3.63, 3.8) is 0 Å². The summed E-state index contributed by atoms with van der Waals surface area (Å²) < 4.78 is 45.7. The molecule has 0 spiro atoms. The van der Waals surface area contributed by atoms with E-state index in [1.54, 1.807) is 0 Å². The van der Waals surface area contributed by atoms with Gasteiger partial charge < -0.3 is 30.7 Å². The molecular formula is C21H29F3N2O6. The zero-order valence-electron chi connectivity index (χ0n) is 17.5. The number of halogens is 3. The monoisotopic (exact) mass is 462 g/mol. The first-order valence-electron chi connectivity index (χ1n) is 10.4. The molecule has 8 nitrogen and oxygen atoms in total. The number of rotatable bonds is 10. The molecule has 11 heteroatoms. The number of nitrogens with two attached hydrogens (primary N) is 1. The van der Waals surface area contributed by atoms with Gasteiger partial charge in [0.15, 0.2) is 6.04 Å². The quantitative estimate of drug-likeness (QED) is 0.390. The highest BCUT2D eigenvalue weighted by Gasteiger charge is 2.32. The fourth-order valence-electron chi connectivity index (χ4n) is 3.65. The molecule has 0 aliphatic heterocycles. The van der Waals surface area contributed by atoms with Crippen molar-refractivity contribution in [3.8, 4) is 5.75 Å². The van der Waals surface area contributed by atoms with Crippen LogP contribution in [-0.4, -0.2) is 53.2 Å². The second kappa shape index (κ2) is 12.0. The lowest BCUT2D eigenvalue weighted by Crippen LogP contribution is -2.53. The number of aliphatic hydroxyl groups excluding tert-OH is 2. The summed E-state index contributed by atoms with van der Waals surface area (Å²) in [4.78, 5) is 24.5. The van der Waals surface area contributed by atoms with E-state index in [1.807, 2.05) is 0 Å². The van der Waals surface area contributed by atoms with Crippen molar-refractivity contribution >= 4 is 11.9 Å². The molecule has 1 unspecified atom stereocenters. The molecule has 1 aromatic rings. The second-order valence-corrected chi connectivity index (χ2v) is 7.90. The molecule has 0 aromatic heterocycles. The summed E-state index contributed by atoms with van der Waals surface area (Å²) in [6, 6.07) is 2.56. The molecule has 0 saturated heterocycles. The van der Waals surface area contributed by atoms with Crippen LogP contribution in [0.4, 0.5) is 13.2 Å². The van der Waals surface area contributed by atoms with Gasteiger partial charge in [0.2, 0.25) is 0 Å². The van der Waals surface area contributed by atoms with Crippen LogP contribution in [0.5, 0.6) is 5.75 Å². The Bertz CT molecular complexity index is 755. The van der Waals surface area contributed by atoms with Gasteiger partial charge in [-0.25, -0.2) is 4.79 Å². The van der Waals surface area contributed by atoms with Crippen molar-refractivity contribution in [1.29, 1.82) is 0 Å². The first kappa shape index (κ1) is 25.9. The Morgan fingerprint density at radius 2 is 1.91 bits per heavy atom. The normalized spacial score (nSPS) is 17.8. The summed E-state index contributed by atoms with van der Waals surface area (Å²) in [6.07, 6.45) is -0.637. The lowest BCUT2D eigenvalue weighted by atomic mass is 9.84. The molecular weight excluding hydrogens is 433 g/mol. The highest BCUT2D eigenvalue weighted by atomic mass is 19.4. The maximum Gasteiger partial charge on any atom is 0.573 e. The van der Waals surface area contributed by atoms with Crippen LogP contribution in [0, 0.1) is 5.92 Å². The number of hydrogen-bond acceptors (Lipinski definition) is 7. The van der Waals surface area contributed by atoms with Gasteiger partial charge in [-0.05, 0) is 30.0 Å². The van der Waals surface area contributed by atoms with E-state index in [0.717, 1.165) is 44.2 Å². The minimum Gasteiger partial charge on any atom is -0.459 e. The molecule has 1 aromatic carbocycles. The van der Waals surface area contributed by atoms with E-state index in [2.05, 4.69) is 10.1 Å². The van der Waals surface area contributed by atoms with Crippen molar-refractivity contribution in [2.75, 3.05) is 6.61 Å². The Morgan fingerprint density at radius 1 is 1.22 bits per heavy atom. The summed E-state index contributed by atoms with van der Waals surface area (Å²) >= 11 is 0. The maximum atomic E-state index is 12.3. The predicted molar refractivity (Wildman–Crippen MR) is 107 cm³/mol. The van der Waals surface area contributed by atoms with Gasteiger partial charge in [-0.15, -0.1) is 13.2 Å². The fourth-order valence-corrected chi connectivity index (χ4v) is 3.65. The molecule has 1 saturated carbocycles. The molecule has 2 rings (SSSR count). The van der Waals surface area contributed by atoms with Crippen molar-refractivity contribution in [2.45, 2.75) is 69.7 Å². The second-order valence-electron chi connectivity index (χ2n) is 7.90. The Morgan fingerprint density at radius 3 is 2.53 bits per heavy atom. The number of carbonyl (C=O) groups is 2. The summed E-state index contributed by atoms with van der Waals surface area (Å²) in [5.74, 6) is -2.08. The number of ether oxygens (including phenoxy) is 2. The number of alkyl halides is 3. The van der Waals surface area contributed by atoms with Gasteiger partial charge >= 0.3 is 12.3 Å². The van der Waals surface area contributed by atoms with Crippen LogP contribution in [0.3, 0.4) is 0 Å². The van der Waals surface area contributed by atoms with E-state index in [-0.39, 0.29) is 5.56 Å². The van der Waals surface area contributed by atoms with E-state index in [0.29, 0.717) is 12.3 Å². The van der Waals surface area contributed by atoms with Crippen LogP contribution in [0.25, 0.3) is 0 Å². The molecule has 3 atom stereocenters. The van der Waals surface area contributed by atoms with E-state index in [9.17, 15) is 33.0 Å². The molecule has 180 valence electrons. The average molecular weight is 462 g/mol. The number of esters is 1. The third-order valence-electron chi connectivity index (χ3n) is 5.30. The van der Waals surface area contributed by atoms with Crippen LogP contribution in [-0.2, 0) is 20.9 Å². The van der Waals surface area contributed by atoms with Crippen molar-refractivity contribution in [2.24, 2.45) is 11.7 Å². The van der Waals surface area contributed by atoms with Gasteiger partial charge in [-0.2, -0.15) is 0 Å². The molecule has 1 amide bonds. The number of aliphatic hydroxyl groups is 2. The number of benzene rings is 1. The molecule has 5 N–H and O–H groups in total. The maximum absolute atomic E-state index is 12.3. The smallest absolute Gasteiger partial charge is 0.459 e. The Hall–Kier alpha value is -2.37. The number of nitrogens with one attached hydrogen (secondary N) is 1. The SMILES string of the molecule is N[C@H](CC1CCCCC1)[C@H](O)C(=O)NC(CO)C(=O)OCc1cccc(OC(F)(F)F)c1. The van der Waals surface area contributed by atoms with E-state index in [1.165, 1.54) is 12.1 Å². The van der Waals surface area contributed by atoms with Crippen LogP contribution in [0.15, 0.2) is 24.3 Å². The Kier molecular flexibility index (Phi) is 9.73. The average Bonchev–Trinajstić information content (AvgIpc) is 2.74. The van der Waals surface area contributed by atoms with Crippen molar-refractivity contribution < 1.29 is 42.4 Å². The lowest BCUT2D eigenvalue weighted by molar-refractivity contribution is -0.274. The minimum atomic E-state index is -4.86. The van der Waals surface area contributed by atoms with Gasteiger partial charge in [0, 0.05) is 6.04 Å². The van der Waals surface area contributed by atoms with E-state index in [4.69, 9.17) is 10.5 Å². The Labute approximate surface area is 183 Å². The molecule has 0 radical (unpaired) electrons. The van der Waals surface area contributed by atoms with Gasteiger partial charge in [0.1, 0.15) is 18.5 Å². The summed E-state index contributed by atoms with van der Waals surface area (Å²) in [5, 5.41) is 21.8. The van der Waals surface area contributed by atoms with E-state index < -0.39 is 55.4 Å². The minimum absolute atomic E-state index is 0.206. The molecule has 1 fully saturated rings. The van der Waals surface area contributed by atoms with Crippen molar-refractivity contribution in [1.82, 2.24) is 5.32 Å². The summed E-state index contributed by atoms with van der Waals surface area (Å²) in [5.41, 5.74) is 6.16. The first-order chi connectivity index (χ1) is 15.1. The van der Waals surface area contributed by atoms with Gasteiger partial charge in [-0.3, -0.25) is 4.79 Å². The zero-order chi connectivity index (χ0) is 23.7. The largest absolute Gasteiger partial charge is 0.573 e. The first-order valence-corrected chi connectivity index (χ1v) is 10.4. The van der Waals surface area contributed by atoms with Crippen LogP contribution >= 0.6 is 0 Å². The molecule has 0 bridgehead atoms. The third kappa shape index (κ3) is 8.64. The highest BCUT2D eigenvalue weighted by molar-refractivity contribution is 5.87. The van der Waals surface area contributed by atoms with Gasteiger partial charge in [0.25, 0.3) is 5.91 Å². The molecule has 1 aliphatic rings. The fraction of sp³-hybridized carbons (Fsp3) is 0.619. The number of hydrogen-bond donors (Lipinski definition) is 4. The van der Waals surface area contributed by atoms with Crippen LogP contribution in [0.2, 0.25) is 0 Å². The van der Waals surface area contributed by atoms with E-state index >= 15 is 0 Å². The third-order valence-corrected chi connectivity index (χ3v) is 5.30.